The van der Waals surface area contributed by atoms with Gasteiger partial charge in [0.2, 0.25) is 0 Å². The smallest absolute Gasteiger partial charge is 0.340 e. The van der Waals surface area contributed by atoms with E-state index in [0.717, 1.165) is 5.56 Å². The third-order valence-electron chi connectivity index (χ3n) is 5.43. The first-order chi connectivity index (χ1) is 15.3. The van der Waals surface area contributed by atoms with Crippen molar-refractivity contribution in [1.82, 2.24) is 0 Å². The van der Waals surface area contributed by atoms with Crippen LogP contribution in [0.1, 0.15) is 46.5 Å². The van der Waals surface area contributed by atoms with E-state index in [1.54, 1.807) is 42.5 Å². The van der Waals surface area contributed by atoms with E-state index in [1.165, 1.54) is 13.8 Å². The van der Waals surface area contributed by atoms with Crippen molar-refractivity contribution in [3.8, 4) is 23.0 Å². The number of hydrogen-bond acceptors (Lipinski definition) is 7. The molecule has 0 unspecified atom stereocenters. The first-order valence-corrected chi connectivity index (χ1v) is 9.96. The molecule has 0 atom stereocenters. The molecule has 0 saturated heterocycles. The van der Waals surface area contributed by atoms with Crippen molar-refractivity contribution in [2.45, 2.75) is 26.4 Å². The van der Waals surface area contributed by atoms with Crippen LogP contribution >= 0.6 is 0 Å². The monoisotopic (exact) mass is 430 g/mol. The summed E-state index contributed by atoms with van der Waals surface area (Å²) in [4.78, 5) is 35.8. The van der Waals surface area contributed by atoms with Crippen LogP contribution in [0.4, 0.5) is 0 Å². The summed E-state index contributed by atoms with van der Waals surface area (Å²) in [6.07, 6.45) is 0. The summed E-state index contributed by atoms with van der Waals surface area (Å²) in [6.45, 7) is 4.51. The van der Waals surface area contributed by atoms with Gasteiger partial charge in [-0.3, -0.25) is 9.59 Å². The third kappa shape index (κ3) is 2.93. The second-order valence-corrected chi connectivity index (χ2v) is 7.73. The number of benzene rings is 3. The normalized spacial score (nSPS) is 14.5. The molecular formula is C25H18O7. The minimum Gasteiger partial charge on any atom is -0.456 e. The maximum Gasteiger partial charge on any atom is 0.340 e. The fraction of sp³-hybridized carbons (Fsp3) is 0.160. The fourth-order valence-corrected chi connectivity index (χ4v) is 4.26. The van der Waals surface area contributed by atoms with Gasteiger partial charge in [-0.15, -0.1) is 0 Å². The molecular weight excluding hydrogens is 412 g/mol. The molecule has 0 fully saturated rings. The van der Waals surface area contributed by atoms with Gasteiger partial charge in [-0.25, -0.2) is 4.79 Å². The molecule has 2 aliphatic heterocycles. The zero-order valence-corrected chi connectivity index (χ0v) is 17.6. The van der Waals surface area contributed by atoms with Crippen LogP contribution in [0.15, 0.2) is 54.6 Å². The van der Waals surface area contributed by atoms with Crippen LogP contribution in [0.2, 0.25) is 0 Å². The van der Waals surface area contributed by atoms with Crippen molar-refractivity contribution >= 4 is 17.9 Å². The molecule has 7 heteroatoms. The minimum atomic E-state index is -1.26. The Bertz CT molecular complexity index is 1260. The lowest BCUT2D eigenvalue weighted by atomic mass is 9.77. The Balaban J connectivity index is 1.77. The molecule has 0 aliphatic carbocycles. The van der Waals surface area contributed by atoms with Crippen LogP contribution < -0.4 is 14.2 Å². The molecule has 2 aliphatic rings. The van der Waals surface area contributed by atoms with Gasteiger partial charge in [0.05, 0.1) is 5.56 Å². The van der Waals surface area contributed by atoms with Crippen molar-refractivity contribution in [2.75, 3.05) is 0 Å². The van der Waals surface area contributed by atoms with Gasteiger partial charge < -0.3 is 18.9 Å². The van der Waals surface area contributed by atoms with E-state index < -0.39 is 23.5 Å². The first kappa shape index (κ1) is 19.8. The maximum absolute atomic E-state index is 12.9. The predicted molar refractivity (Wildman–Crippen MR) is 112 cm³/mol. The Morgan fingerprint density at radius 2 is 1.31 bits per heavy atom. The summed E-state index contributed by atoms with van der Waals surface area (Å²) < 4.78 is 22.6. The van der Waals surface area contributed by atoms with Gasteiger partial charge in [0.15, 0.2) is 5.60 Å². The maximum atomic E-state index is 12.9. The summed E-state index contributed by atoms with van der Waals surface area (Å²) in [5, 5.41) is 0. The molecule has 32 heavy (non-hydrogen) atoms. The van der Waals surface area contributed by atoms with Crippen molar-refractivity contribution in [2.24, 2.45) is 0 Å². The van der Waals surface area contributed by atoms with Crippen LogP contribution in [-0.2, 0) is 19.9 Å². The molecule has 2 heterocycles. The lowest BCUT2D eigenvalue weighted by Crippen LogP contribution is -2.33. The lowest BCUT2D eigenvalue weighted by molar-refractivity contribution is -0.132. The summed E-state index contributed by atoms with van der Waals surface area (Å²) in [6, 6.07) is 15.4. The molecule has 0 N–H and O–H groups in total. The number of hydrogen-bond donors (Lipinski definition) is 0. The van der Waals surface area contributed by atoms with E-state index in [4.69, 9.17) is 18.9 Å². The number of aryl methyl sites for hydroxylation is 1. The quantitative estimate of drug-likeness (QED) is 0.439. The van der Waals surface area contributed by atoms with E-state index in [1.807, 2.05) is 19.1 Å². The zero-order valence-electron chi connectivity index (χ0n) is 17.6. The van der Waals surface area contributed by atoms with Crippen LogP contribution in [0.5, 0.6) is 23.0 Å². The van der Waals surface area contributed by atoms with E-state index in [9.17, 15) is 14.4 Å². The Labute approximate surface area is 183 Å². The highest BCUT2D eigenvalue weighted by Gasteiger charge is 2.53. The lowest BCUT2D eigenvalue weighted by Gasteiger charge is -2.36. The van der Waals surface area contributed by atoms with Crippen molar-refractivity contribution in [3.05, 3.63) is 82.4 Å². The molecule has 7 nitrogen and oxygen atoms in total. The van der Waals surface area contributed by atoms with E-state index in [2.05, 4.69) is 0 Å². The van der Waals surface area contributed by atoms with Crippen molar-refractivity contribution in [1.29, 1.82) is 0 Å². The number of carbonyl (C=O) groups excluding carboxylic acids is 3. The van der Waals surface area contributed by atoms with Crippen LogP contribution in [-0.4, -0.2) is 17.9 Å². The Morgan fingerprint density at radius 3 is 1.84 bits per heavy atom. The highest BCUT2D eigenvalue weighted by atomic mass is 16.6. The molecule has 0 saturated carbocycles. The number of carbonyl (C=O) groups is 3. The van der Waals surface area contributed by atoms with Gasteiger partial charge in [-0.2, -0.15) is 0 Å². The van der Waals surface area contributed by atoms with Crippen LogP contribution in [0, 0.1) is 6.92 Å². The molecule has 0 aromatic heterocycles. The second-order valence-electron chi connectivity index (χ2n) is 7.73. The third-order valence-corrected chi connectivity index (χ3v) is 5.43. The summed E-state index contributed by atoms with van der Waals surface area (Å²) >= 11 is 0. The molecule has 0 radical (unpaired) electrons. The average molecular weight is 430 g/mol. The zero-order chi connectivity index (χ0) is 22.6. The molecule has 160 valence electrons. The first-order valence-electron chi connectivity index (χ1n) is 9.96. The standard InChI is InChI=1S/C25H18O7/c1-13-4-7-19-18(10-13)24(28)32-25(19)20-8-5-16(29-14(2)26)11-22(20)31-23-12-17(30-15(3)27)6-9-21(23)25/h4-12H,1-3H3. The van der Waals surface area contributed by atoms with Gasteiger partial charge in [0.25, 0.3) is 0 Å². The number of ether oxygens (including phenoxy) is 4. The van der Waals surface area contributed by atoms with Gasteiger partial charge in [-0.1, -0.05) is 17.7 Å². The Hall–Kier alpha value is -4.13. The van der Waals surface area contributed by atoms with Crippen LogP contribution in [0.25, 0.3) is 0 Å². The average Bonchev–Trinajstić information content (AvgIpc) is 2.99. The SMILES string of the molecule is CC(=O)Oc1ccc2c(c1)Oc1cc(OC(C)=O)ccc1C21OC(=O)c2cc(C)ccc21. The molecule has 0 amide bonds. The molecule has 1 spiro atoms. The van der Waals surface area contributed by atoms with E-state index >= 15 is 0 Å². The molecule has 3 aromatic rings. The van der Waals surface area contributed by atoms with E-state index in [0.29, 0.717) is 45.3 Å². The minimum absolute atomic E-state index is 0.291. The van der Waals surface area contributed by atoms with Gasteiger partial charge in [-0.05, 0) is 37.3 Å². The van der Waals surface area contributed by atoms with Gasteiger partial charge >= 0.3 is 17.9 Å². The van der Waals surface area contributed by atoms with Gasteiger partial charge in [0.1, 0.15) is 23.0 Å². The Kier molecular flexibility index (Phi) is 4.30. The number of fused-ring (bicyclic) bond motifs is 6. The number of esters is 3. The summed E-state index contributed by atoms with van der Waals surface area (Å²) in [5.74, 6) is -0.0910. The predicted octanol–water partition coefficient (Wildman–Crippen LogP) is 4.41. The fourth-order valence-electron chi connectivity index (χ4n) is 4.26. The Morgan fingerprint density at radius 1 is 0.781 bits per heavy atom. The largest absolute Gasteiger partial charge is 0.456 e. The molecule has 0 bridgehead atoms. The number of rotatable bonds is 2. The molecule has 5 rings (SSSR count). The highest BCUT2D eigenvalue weighted by molar-refractivity contribution is 5.97. The van der Waals surface area contributed by atoms with Crippen LogP contribution in [0.3, 0.4) is 0 Å². The second kappa shape index (κ2) is 6.95. The van der Waals surface area contributed by atoms with E-state index in [-0.39, 0.29) is 0 Å². The summed E-state index contributed by atoms with van der Waals surface area (Å²) in [5.41, 5.74) is 2.01. The highest BCUT2D eigenvalue weighted by Crippen LogP contribution is 2.57. The van der Waals surface area contributed by atoms with Crippen molar-refractivity contribution in [3.63, 3.8) is 0 Å². The van der Waals surface area contributed by atoms with Crippen molar-refractivity contribution < 1.29 is 33.3 Å². The summed E-state index contributed by atoms with van der Waals surface area (Å²) in [7, 11) is 0. The molecule has 3 aromatic carbocycles. The van der Waals surface area contributed by atoms with Gasteiger partial charge in [0, 0.05) is 42.7 Å². The topological polar surface area (TPSA) is 88.1 Å².